The molecule has 0 radical (unpaired) electrons. The van der Waals surface area contributed by atoms with Gasteiger partial charge in [0.1, 0.15) is 5.82 Å². The lowest BCUT2D eigenvalue weighted by Crippen LogP contribution is -2.30. The molecule has 2 aromatic heterocycles. The maximum Gasteiger partial charge on any atom is 0.183 e. The SMILES string of the molecule is CCN1CCc2c(cnc3n[nH]c(N)c23)C1. The molecule has 3 heterocycles. The van der Waals surface area contributed by atoms with Gasteiger partial charge < -0.3 is 5.73 Å². The maximum absolute atomic E-state index is 5.90. The van der Waals surface area contributed by atoms with E-state index in [2.05, 4.69) is 27.0 Å². The van der Waals surface area contributed by atoms with Crippen LogP contribution in [0.15, 0.2) is 6.20 Å². The summed E-state index contributed by atoms with van der Waals surface area (Å²) in [5.41, 5.74) is 9.24. The van der Waals surface area contributed by atoms with Crippen LogP contribution in [0.2, 0.25) is 0 Å². The van der Waals surface area contributed by atoms with E-state index < -0.39 is 0 Å². The fraction of sp³-hybridized carbons (Fsp3) is 0.455. The lowest BCUT2D eigenvalue weighted by molar-refractivity contribution is 0.268. The van der Waals surface area contributed by atoms with Gasteiger partial charge in [0.15, 0.2) is 5.65 Å². The number of fused-ring (bicyclic) bond motifs is 3. The van der Waals surface area contributed by atoms with Crippen LogP contribution in [0.4, 0.5) is 5.82 Å². The Bertz CT molecular complexity index is 530. The number of nitrogens with one attached hydrogen (secondary N) is 1. The van der Waals surface area contributed by atoms with Crippen LogP contribution in [0.1, 0.15) is 18.1 Å². The summed E-state index contributed by atoms with van der Waals surface area (Å²) in [5, 5.41) is 7.92. The number of pyridine rings is 1. The monoisotopic (exact) mass is 217 g/mol. The van der Waals surface area contributed by atoms with Crippen molar-refractivity contribution in [1.82, 2.24) is 20.1 Å². The lowest BCUT2D eigenvalue weighted by atomic mass is 9.99. The Morgan fingerprint density at radius 3 is 3.25 bits per heavy atom. The number of nitrogen functional groups attached to an aromatic ring is 1. The number of hydrogen-bond acceptors (Lipinski definition) is 4. The minimum absolute atomic E-state index is 0.643. The molecule has 0 aromatic carbocycles. The van der Waals surface area contributed by atoms with Gasteiger partial charge in [-0.15, -0.1) is 0 Å². The summed E-state index contributed by atoms with van der Waals surface area (Å²) in [7, 11) is 0. The average molecular weight is 217 g/mol. The van der Waals surface area contributed by atoms with Crippen LogP contribution in [0, 0.1) is 0 Å². The number of anilines is 1. The molecule has 5 heteroatoms. The summed E-state index contributed by atoms with van der Waals surface area (Å²) in [4.78, 5) is 6.74. The van der Waals surface area contributed by atoms with Crippen molar-refractivity contribution >= 4 is 16.9 Å². The first-order valence-electron chi connectivity index (χ1n) is 5.62. The lowest BCUT2D eigenvalue weighted by Gasteiger charge is -2.27. The Labute approximate surface area is 93.6 Å². The van der Waals surface area contributed by atoms with Crippen molar-refractivity contribution in [3.8, 4) is 0 Å². The zero-order valence-corrected chi connectivity index (χ0v) is 9.32. The smallest absolute Gasteiger partial charge is 0.183 e. The van der Waals surface area contributed by atoms with Crippen LogP contribution >= 0.6 is 0 Å². The number of rotatable bonds is 1. The van der Waals surface area contributed by atoms with Crippen LogP contribution in [0.25, 0.3) is 11.0 Å². The van der Waals surface area contributed by atoms with Crippen molar-refractivity contribution in [3.05, 3.63) is 17.3 Å². The number of hydrogen-bond donors (Lipinski definition) is 2. The van der Waals surface area contributed by atoms with Gasteiger partial charge in [-0.25, -0.2) is 4.98 Å². The van der Waals surface area contributed by atoms with Gasteiger partial charge in [0, 0.05) is 19.3 Å². The van der Waals surface area contributed by atoms with E-state index in [0.29, 0.717) is 5.82 Å². The fourth-order valence-corrected chi connectivity index (χ4v) is 2.40. The third-order valence-electron chi connectivity index (χ3n) is 3.33. The number of H-pyrrole nitrogens is 1. The molecular formula is C11H15N5. The highest BCUT2D eigenvalue weighted by molar-refractivity contribution is 5.90. The third kappa shape index (κ3) is 1.28. The molecule has 0 bridgehead atoms. The standard InChI is InChI=1S/C11H15N5/c1-2-16-4-3-8-7(6-16)5-13-11-9(8)10(12)14-15-11/h5H,2-4,6H2,1H3,(H3,12,13,14,15). The van der Waals surface area contributed by atoms with Crippen LogP contribution in [0.3, 0.4) is 0 Å². The average Bonchev–Trinajstić information content (AvgIpc) is 2.70. The Morgan fingerprint density at radius 2 is 2.44 bits per heavy atom. The molecule has 0 saturated carbocycles. The van der Waals surface area contributed by atoms with Crippen molar-refractivity contribution in [2.75, 3.05) is 18.8 Å². The van der Waals surface area contributed by atoms with E-state index in [4.69, 9.17) is 5.73 Å². The minimum Gasteiger partial charge on any atom is -0.384 e. The molecule has 5 nitrogen and oxygen atoms in total. The van der Waals surface area contributed by atoms with Crippen molar-refractivity contribution < 1.29 is 0 Å². The molecule has 0 saturated heterocycles. The molecule has 84 valence electrons. The van der Waals surface area contributed by atoms with E-state index in [0.717, 1.165) is 37.1 Å². The summed E-state index contributed by atoms with van der Waals surface area (Å²) in [6.07, 6.45) is 2.96. The van der Waals surface area contributed by atoms with Crippen LogP contribution in [-0.4, -0.2) is 33.2 Å². The predicted molar refractivity (Wildman–Crippen MR) is 63.0 cm³/mol. The molecule has 3 N–H and O–H groups in total. The van der Waals surface area contributed by atoms with Crippen molar-refractivity contribution in [2.45, 2.75) is 19.9 Å². The largest absolute Gasteiger partial charge is 0.384 e. The Morgan fingerprint density at radius 1 is 1.56 bits per heavy atom. The van der Waals surface area contributed by atoms with E-state index in [9.17, 15) is 0 Å². The van der Waals surface area contributed by atoms with Crippen molar-refractivity contribution in [3.63, 3.8) is 0 Å². The molecular weight excluding hydrogens is 202 g/mol. The summed E-state index contributed by atoms with van der Waals surface area (Å²) in [5.74, 6) is 0.643. The second kappa shape index (κ2) is 3.45. The first kappa shape index (κ1) is 9.59. The molecule has 0 amide bonds. The summed E-state index contributed by atoms with van der Waals surface area (Å²) in [6, 6.07) is 0. The van der Waals surface area contributed by atoms with Gasteiger partial charge in [-0.1, -0.05) is 6.92 Å². The van der Waals surface area contributed by atoms with Crippen LogP contribution in [-0.2, 0) is 13.0 Å². The highest BCUT2D eigenvalue weighted by Crippen LogP contribution is 2.28. The van der Waals surface area contributed by atoms with Gasteiger partial charge in [0.2, 0.25) is 0 Å². The van der Waals surface area contributed by atoms with E-state index in [-0.39, 0.29) is 0 Å². The van der Waals surface area contributed by atoms with Crippen LogP contribution in [0.5, 0.6) is 0 Å². The first-order chi connectivity index (χ1) is 7.79. The van der Waals surface area contributed by atoms with E-state index in [1.807, 2.05) is 6.20 Å². The summed E-state index contributed by atoms with van der Waals surface area (Å²) in [6.45, 7) is 5.33. The highest BCUT2D eigenvalue weighted by Gasteiger charge is 2.20. The number of aromatic nitrogens is 3. The third-order valence-corrected chi connectivity index (χ3v) is 3.33. The van der Waals surface area contributed by atoms with Crippen molar-refractivity contribution in [1.29, 1.82) is 0 Å². The number of likely N-dealkylation sites (N-methyl/N-ethyl adjacent to an activating group) is 1. The Kier molecular flexibility index (Phi) is 2.07. The number of nitrogens with zero attached hydrogens (tertiary/aromatic N) is 3. The molecule has 0 aliphatic carbocycles. The molecule has 0 atom stereocenters. The topological polar surface area (TPSA) is 70.8 Å². The second-order valence-corrected chi connectivity index (χ2v) is 4.22. The zero-order valence-electron chi connectivity index (χ0n) is 9.32. The van der Waals surface area contributed by atoms with Gasteiger partial charge >= 0.3 is 0 Å². The zero-order chi connectivity index (χ0) is 11.1. The molecule has 2 aromatic rings. The minimum atomic E-state index is 0.643. The molecule has 3 rings (SSSR count). The van der Waals surface area contributed by atoms with Gasteiger partial charge in [0.05, 0.1) is 5.39 Å². The number of aromatic amines is 1. The second-order valence-electron chi connectivity index (χ2n) is 4.22. The van der Waals surface area contributed by atoms with E-state index in [1.54, 1.807) is 0 Å². The molecule has 1 aliphatic heterocycles. The van der Waals surface area contributed by atoms with Gasteiger partial charge in [0.25, 0.3) is 0 Å². The molecule has 1 aliphatic rings. The molecule has 0 unspecified atom stereocenters. The molecule has 0 fully saturated rings. The quantitative estimate of drug-likeness (QED) is 0.745. The maximum atomic E-state index is 5.90. The molecule has 0 spiro atoms. The predicted octanol–water partition coefficient (Wildman–Crippen LogP) is 0.918. The summed E-state index contributed by atoms with van der Waals surface area (Å²) < 4.78 is 0. The van der Waals surface area contributed by atoms with Gasteiger partial charge in [-0.05, 0) is 24.1 Å². The van der Waals surface area contributed by atoms with Gasteiger partial charge in [-0.3, -0.25) is 10.00 Å². The Hall–Kier alpha value is -1.62. The van der Waals surface area contributed by atoms with E-state index >= 15 is 0 Å². The first-order valence-corrected chi connectivity index (χ1v) is 5.62. The van der Waals surface area contributed by atoms with E-state index in [1.165, 1.54) is 11.1 Å². The number of nitrogens with two attached hydrogens (primary N) is 1. The highest BCUT2D eigenvalue weighted by atomic mass is 15.2. The molecule has 16 heavy (non-hydrogen) atoms. The Balaban J connectivity index is 2.17. The van der Waals surface area contributed by atoms with Crippen LogP contribution < -0.4 is 5.73 Å². The fourth-order valence-electron chi connectivity index (χ4n) is 2.40. The summed E-state index contributed by atoms with van der Waals surface area (Å²) >= 11 is 0. The van der Waals surface area contributed by atoms with Gasteiger partial charge in [-0.2, -0.15) is 5.10 Å². The normalized spacial score (nSPS) is 16.6. The van der Waals surface area contributed by atoms with Crippen molar-refractivity contribution in [2.24, 2.45) is 0 Å².